The van der Waals surface area contributed by atoms with Crippen LogP contribution < -0.4 is 14.8 Å². The molecule has 2 rings (SSSR count). The van der Waals surface area contributed by atoms with Gasteiger partial charge >= 0.3 is 0 Å². The van der Waals surface area contributed by atoms with Crippen LogP contribution >= 0.6 is 15.9 Å². The molecule has 0 saturated heterocycles. The van der Waals surface area contributed by atoms with Gasteiger partial charge in [0, 0.05) is 17.6 Å². The number of carbonyl (C=O) groups excluding carboxylic acids is 2. The lowest BCUT2D eigenvalue weighted by Gasteiger charge is -2.31. The highest BCUT2D eigenvalue weighted by Crippen LogP contribution is 2.26. The Morgan fingerprint density at radius 3 is 2.33 bits per heavy atom. The lowest BCUT2D eigenvalue weighted by Crippen LogP contribution is -2.50. The number of aryl methyl sites for hydroxylation is 2. The van der Waals surface area contributed by atoms with Crippen LogP contribution in [0.25, 0.3) is 0 Å². The first kappa shape index (κ1) is 26.7. The van der Waals surface area contributed by atoms with Gasteiger partial charge in [-0.3, -0.25) is 9.59 Å². The molecule has 6 nitrogen and oxygen atoms in total. The quantitative estimate of drug-likeness (QED) is 0.452. The zero-order valence-corrected chi connectivity index (χ0v) is 22.0. The van der Waals surface area contributed by atoms with Gasteiger partial charge in [0.1, 0.15) is 17.5 Å². The minimum Gasteiger partial charge on any atom is -0.497 e. The van der Waals surface area contributed by atoms with Crippen LogP contribution in [0.2, 0.25) is 0 Å². The molecule has 1 N–H and O–H groups in total. The van der Waals surface area contributed by atoms with Gasteiger partial charge in [-0.15, -0.1) is 0 Å². The van der Waals surface area contributed by atoms with E-state index < -0.39 is 6.04 Å². The van der Waals surface area contributed by atoms with E-state index in [4.69, 9.17) is 9.47 Å². The number of methoxy groups -OCH3 is 1. The number of hydrogen-bond acceptors (Lipinski definition) is 4. The SMILES string of the molecule is CC[C@H](C(=O)NCC(C)C)N(Cc1cccc(OC)c1)C(=O)COc1cc(C)c(Br)c(C)c1. The molecule has 7 heteroatoms. The van der Waals surface area contributed by atoms with Crippen molar-refractivity contribution in [2.24, 2.45) is 5.92 Å². The molecule has 2 aromatic rings. The van der Waals surface area contributed by atoms with Crippen LogP contribution in [0.1, 0.15) is 43.9 Å². The molecule has 0 aliphatic heterocycles. The van der Waals surface area contributed by atoms with E-state index in [2.05, 4.69) is 21.2 Å². The smallest absolute Gasteiger partial charge is 0.261 e. The molecule has 2 amide bonds. The van der Waals surface area contributed by atoms with Gasteiger partial charge in [-0.05, 0) is 67.1 Å². The van der Waals surface area contributed by atoms with Gasteiger partial charge in [0.05, 0.1) is 7.11 Å². The van der Waals surface area contributed by atoms with Crippen LogP contribution in [-0.2, 0) is 16.1 Å². The molecule has 0 saturated carbocycles. The van der Waals surface area contributed by atoms with Gasteiger partial charge in [0.25, 0.3) is 5.91 Å². The Morgan fingerprint density at radius 2 is 1.76 bits per heavy atom. The summed E-state index contributed by atoms with van der Waals surface area (Å²) in [6, 6.07) is 10.7. The first-order valence-corrected chi connectivity index (χ1v) is 12.0. The number of carbonyl (C=O) groups is 2. The standard InChI is InChI=1S/C26H35BrN2O4/c1-7-23(26(31)28-14-17(2)3)29(15-20-9-8-10-21(13-20)32-6)24(30)16-33-22-11-18(4)25(27)19(5)12-22/h8-13,17,23H,7,14-16H2,1-6H3,(H,28,31)/t23-/m1/s1. The van der Waals surface area contributed by atoms with Crippen molar-refractivity contribution in [1.29, 1.82) is 0 Å². The molecule has 0 aliphatic rings. The second kappa shape index (κ2) is 12.6. The topological polar surface area (TPSA) is 67.9 Å². The fourth-order valence-electron chi connectivity index (χ4n) is 3.53. The van der Waals surface area contributed by atoms with Crippen molar-refractivity contribution in [1.82, 2.24) is 10.2 Å². The van der Waals surface area contributed by atoms with Crippen LogP contribution in [0, 0.1) is 19.8 Å². The van der Waals surface area contributed by atoms with Crippen LogP contribution in [0.5, 0.6) is 11.5 Å². The number of benzene rings is 2. The highest BCUT2D eigenvalue weighted by atomic mass is 79.9. The zero-order valence-electron chi connectivity index (χ0n) is 20.4. The number of nitrogens with zero attached hydrogens (tertiary/aromatic N) is 1. The third-order valence-corrected chi connectivity index (χ3v) is 6.58. The van der Waals surface area contributed by atoms with Gasteiger partial charge in [-0.1, -0.05) is 48.8 Å². The van der Waals surface area contributed by atoms with Crippen molar-refractivity contribution < 1.29 is 19.1 Å². The summed E-state index contributed by atoms with van der Waals surface area (Å²) in [7, 11) is 1.60. The fourth-order valence-corrected chi connectivity index (χ4v) is 3.76. The van der Waals surface area contributed by atoms with Gasteiger partial charge in [-0.2, -0.15) is 0 Å². The fraction of sp³-hybridized carbons (Fsp3) is 0.462. The molecule has 2 aromatic carbocycles. The lowest BCUT2D eigenvalue weighted by molar-refractivity contribution is -0.143. The van der Waals surface area contributed by atoms with E-state index in [9.17, 15) is 9.59 Å². The van der Waals surface area contributed by atoms with E-state index in [1.54, 1.807) is 12.0 Å². The van der Waals surface area contributed by atoms with E-state index in [-0.39, 0.29) is 25.0 Å². The van der Waals surface area contributed by atoms with E-state index in [1.807, 2.05) is 71.0 Å². The molecule has 0 unspecified atom stereocenters. The second-order valence-corrected chi connectivity index (χ2v) is 9.39. The summed E-state index contributed by atoms with van der Waals surface area (Å²) >= 11 is 3.55. The van der Waals surface area contributed by atoms with E-state index >= 15 is 0 Å². The number of hydrogen-bond donors (Lipinski definition) is 1. The third kappa shape index (κ3) is 7.77. The van der Waals surface area contributed by atoms with Crippen LogP contribution in [0.15, 0.2) is 40.9 Å². The highest BCUT2D eigenvalue weighted by Gasteiger charge is 2.29. The normalized spacial score (nSPS) is 11.8. The third-order valence-electron chi connectivity index (χ3n) is 5.33. The van der Waals surface area contributed by atoms with E-state index in [0.717, 1.165) is 21.2 Å². The molecule has 0 fully saturated rings. The number of amides is 2. The maximum Gasteiger partial charge on any atom is 0.261 e. The van der Waals surface area contributed by atoms with E-state index in [0.29, 0.717) is 30.4 Å². The first-order chi connectivity index (χ1) is 15.7. The molecule has 0 aliphatic carbocycles. The Morgan fingerprint density at radius 1 is 1.09 bits per heavy atom. The van der Waals surface area contributed by atoms with Gasteiger partial charge in [0.15, 0.2) is 6.61 Å². The summed E-state index contributed by atoms with van der Waals surface area (Å²) in [5.41, 5.74) is 2.95. The number of ether oxygens (including phenoxy) is 2. The number of rotatable bonds is 11. The summed E-state index contributed by atoms with van der Waals surface area (Å²) in [5, 5.41) is 2.97. The average Bonchev–Trinajstić information content (AvgIpc) is 2.79. The highest BCUT2D eigenvalue weighted by molar-refractivity contribution is 9.10. The Balaban J connectivity index is 2.25. The predicted octanol–water partition coefficient (Wildman–Crippen LogP) is 5.03. The number of halogens is 1. The van der Waals surface area contributed by atoms with Crippen molar-refractivity contribution in [2.75, 3.05) is 20.3 Å². The summed E-state index contributed by atoms with van der Waals surface area (Å²) in [6.07, 6.45) is 0.496. The summed E-state index contributed by atoms with van der Waals surface area (Å²) < 4.78 is 12.2. The lowest BCUT2D eigenvalue weighted by atomic mass is 10.1. The maximum atomic E-state index is 13.3. The van der Waals surface area contributed by atoms with Crippen LogP contribution in [0.3, 0.4) is 0 Å². The van der Waals surface area contributed by atoms with Gasteiger partial charge in [0.2, 0.25) is 5.91 Å². The van der Waals surface area contributed by atoms with Crippen molar-refractivity contribution in [2.45, 2.75) is 53.6 Å². The molecular formula is C26H35BrN2O4. The van der Waals surface area contributed by atoms with Crippen molar-refractivity contribution in [3.8, 4) is 11.5 Å². The Hall–Kier alpha value is -2.54. The second-order valence-electron chi connectivity index (χ2n) is 8.60. The van der Waals surface area contributed by atoms with Gasteiger partial charge in [-0.25, -0.2) is 0 Å². The van der Waals surface area contributed by atoms with Gasteiger partial charge < -0.3 is 19.7 Å². The molecule has 0 spiro atoms. The molecule has 0 bridgehead atoms. The molecule has 0 aromatic heterocycles. The van der Waals surface area contributed by atoms with Crippen LogP contribution in [-0.4, -0.2) is 43.0 Å². The molecule has 1 atom stereocenters. The number of nitrogens with one attached hydrogen (secondary N) is 1. The monoisotopic (exact) mass is 518 g/mol. The molecule has 0 heterocycles. The molecular weight excluding hydrogens is 484 g/mol. The summed E-state index contributed by atoms with van der Waals surface area (Å²) in [4.78, 5) is 27.9. The Kier molecular flexibility index (Phi) is 10.2. The zero-order chi connectivity index (χ0) is 24.5. The molecule has 0 radical (unpaired) electrons. The first-order valence-electron chi connectivity index (χ1n) is 11.3. The molecule has 180 valence electrons. The minimum atomic E-state index is -0.598. The van der Waals surface area contributed by atoms with Crippen molar-refractivity contribution in [3.63, 3.8) is 0 Å². The van der Waals surface area contributed by atoms with Crippen molar-refractivity contribution in [3.05, 3.63) is 57.6 Å². The summed E-state index contributed by atoms with van der Waals surface area (Å²) in [6.45, 7) is 10.6. The maximum absolute atomic E-state index is 13.3. The van der Waals surface area contributed by atoms with Crippen LogP contribution in [0.4, 0.5) is 0 Å². The largest absolute Gasteiger partial charge is 0.497 e. The van der Waals surface area contributed by atoms with Crippen molar-refractivity contribution >= 4 is 27.7 Å². The Bertz CT molecular complexity index is 938. The molecule has 33 heavy (non-hydrogen) atoms. The predicted molar refractivity (Wildman–Crippen MR) is 135 cm³/mol. The van der Waals surface area contributed by atoms with E-state index in [1.165, 1.54) is 0 Å². The Labute approximate surface area is 205 Å². The summed E-state index contributed by atoms with van der Waals surface area (Å²) in [5.74, 6) is 1.25. The minimum absolute atomic E-state index is 0.154. The average molecular weight is 519 g/mol.